The van der Waals surface area contributed by atoms with Crippen molar-refractivity contribution in [3.05, 3.63) is 39.9 Å². The number of alkyl halides is 3. The number of aliphatic imine (C=N–C) groups is 1. The third-order valence-electron chi connectivity index (χ3n) is 6.64. The third-order valence-corrected chi connectivity index (χ3v) is 6.64. The molecule has 0 bridgehead atoms. The number of nitrogens with zero attached hydrogens (tertiary/aromatic N) is 4. The first-order valence-electron chi connectivity index (χ1n) is 13.2. The van der Waals surface area contributed by atoms with Gasteiger partial charge >= 0.3 is 19.0 Å². The number of ether oxygens (including phenoxy) is 8. The number of nitro groups is 1. The van der Waals surface area contributed by atoms with E-state index < -0.39 is 66.0 Å². The highest BCUT2D eigenvalue weighted by Gasteiger charge is 2.60. The van der Waals surface area contributed by atoms with Crippen LogP contribution in [0.3, 0.4) is 0 Å². The molecule has 3 fully saturated rings. The maximum atomic E-state index is 12.5. The summed E-state index contributed by atoms with van der Waals surface area (Å²) in [7, 11) is 0. The fraction of sp³-hybridized carbons (Fsp3) is 0.720. The van der Waals surface area contributed by atoms with E-state index in [2.05, 4.69) is 14.8 Å². The SMILES string of the molecule is CC1(C)O[C@H]2[C@@H](O1)[C@@H](COCC(C[N+]1=NC([N+](=O)[O-])N=C1)OCc1ccc(OC(F)(F)F)cc1)O[C@@H]1OC(C)(C)O[C@@H]12. The number of benzene rings is 1. The van der Waals surface area contributed by atoms with Gasteiger partial charge in [0.05, 0.1) is 24.7 Å². The van der Waals surface area contributed by atoms with Gasteiger partial charge in [-0.3, -0.25) is 10.1 Å². The zero-order valence-electron chi connectivity index (χ0n) is 23.3. The van der Waals surface area contributed by atoms with E-state index in [0.717, 1.165) is 0 Å². The van der Waals surface area contributed by atoms with E-state index in [9.17, 15) is 23.3 Å². The Kier molecular flexibility index (Phi) is 8.54. The summed E-state index contributed by atoms with van der Waals surface area (Å²) >= 11 is 0. The normalized spacial score (nSPS) is 31.8. The molecule has 0 amide bonds. The first kappa shape index (κ1) is 30.7. The molecule has 2 unspecified atom stereocenters. The lowest BCUT2D eigenvalue weighted by Crippen LogP contribution is -2.56. The molecular weight excluding hydrogens is 573 g/mol. The van der Waals surface area contributed by atoms with E-state index in [1.54, 1.807) is 27.7 Å². The van der Waals surface area contributed by atoms with Gasteiger partial charge in [-0.05, 0) is 45.4 Å². The fourth-order valence-electron chi connectivity index (χ4n) is 5.03. The number of azo groups is 2. The lowest BCUT2D eigenvalue weighted by Gasteiger charge is -2.37. The van der Waals surface area contributed by atoms with Crippen LogP contribution in [0.15, 0.2) is 34.4 Å². The van der Waals surface area contributed by atoms with Crippen molar-refractivity contribution < 1.29 is 60.7 Å². The third kappa shape index (κ3) is 7.58. The van der Waals surface area contributed by atoms with Gasteiger partial charge in [-0.1, -0.05) is 12.1 Å². The second-order valence-electron chi connectivity index (χ2n) is 11.0. The van der Waals surface area contributed by atoms with Gasteiger partial charge in [0.25, 0.3) is 0 Å². The Bertz CT molecular complexity index is 1200. The lowest BCUT2D eigenvalue weighted by atomic mass is 9.99. The summed E-state index contributed by atoms with van der Waals surface area (Å²) in [5, 5.41) is 14.9. The van der Waals surface area contributed by atoms with Crippen molar-refractivity contribution in [3.8, 4) is 5.75 Å². The second-order valence-corrected chi connectivity index (χ2v) is 11.0. The zero-order chi connectivity index (χ0) is 30.3. The summed E-state index contributed by atoms with van der Waals surface area (Å²) in [4.78, 5) is 14.1. The van der Waals surface area contributed by atoms with Crippen molar-refractivity contribution in [2.45, 2.75) is 95.3 Å². The maximum absolute atomic E-state index is 12.5. The molecular formula is C25H32F3N4O10+. The molecule has 17 heteroatoms. The Morgan fingerprint density at radius 2 is 1.71 bits per heavy atom. The standard InChI is InChI=1S/C25H32F3N4O10/c1-23(2)39-18-17(37-21-20(19(18)40-23)41-24(3,4)42-21)12-35-11-16(9-31-13-29-22(30-31)32(33)34)36-10-14-5-7-15(8-6-14)38-25(26,27)28/h5-8,13,16-22H,9-12H2,1-4H3/q+1/t16?,17-,18+,19+,20-,21-,22?/m1/s1. The van der Waals surface area contributed by atoms with Gasteiger partial charge in [0.1, 0.15) is 42.8 Å². The van der Waals surface area contributed by atoms with Crippen LogP contribution in [0.25, 0.3) is 0 Å². The monoisotopic (exact) mass is 605 g/mol. The molecule has 232 valence electrons. The Morgan fingerprint density at radius 1 is 1.05 bits per heavy atom. The molecule has 14 nitrogen and oxygen atoms in total. The Morgan fingerprint density at radius 3 is 2.38 bits per heavy atom. The number of fused-ring (bicyclic) bond motifs is 3. The van der Waals surface area contributed by atoms with E-state index in [1.807, 2.05) is 0 Å². The fourth-order valence-corrected chi connectivity index (χ4v) is 5.03. The van der Waals surface area contributed by atoms with E-state index in [1.165, 1.54) is 35.3 Å². The average Bonchev–Trinajstić information content (AvgIpc) is 3.56. The van der Waals surface area contributed by atoms with Crippen LogP contribution in [0, 0.1) is 10.1 Å². The van der Waals surface area contributed by atoms with Gasteiger partial charge in [-0.15, -0.1) is 17.9 Å². The molecule has 4 aliphatic rings. The Labute approximate surface area is 238 Å². The quantitative estimate of drug-likeness (QED) is 0.210. The summed E-state index contributed by atoms with van der Waals surface area (Å²) in [5.74, 6) is -2.11. The molecule has 7 atom stereocenters. The van der Waals surface area contributed by atoms with Crippen molar-refractivity contribution in [2.75, 3.05) is 19.8 Å². The highest BCUT2D eigenvalue weighted by Crippen LogP contribution is 2.44. The van der Waals surface area contributed by atoms with Crippen molar-refractivity contribution in [1.29, 1.82) is 0 Å². The second kappa shape index (κ2) is 11.7. The highest BCUT2D eigenvalue weighted by atomic mass is 19.4. The van der Waals surface area contributed by atoms with Gasteiger partial charge in [0.15, 0.2) is 17.9 Å². The summed E-state index contributed by atoms with van der Waals surface area (Å²) in [6.07, 6.45) is -8.41. The van der Waals surface area contributed by atoms with Crippen LogP contribution in [-0.2, 0) is 39.8 Å². The molecule has 0 spiro atoms. The van der Waals surface area contributed by atoms with Crippen molar-refractivity contribution in [1.82, 2.24) is 0 Å². The molecule has 4 heterocycles. The van der Waals surface area contributed by atoms with Crippen molar-refractivity contribution in [2.24, 2.45) is 10.1 Å². The summed E-state index contributed by atoms with van der Waals surface area (Å²) in [6, 6.07) is 5.21. The highest BCUT2D eigenvalue weighted by molar-refractivity contribution is 5.44. The Balaban J connectivity index is 1.22. The minimum absolute atomic E-state index is 0.00373. The molecule has 0 saturated carbocycles. The van der Waals surface area contributed by atoms with Crippen LogP contribution in [0.1, 0.15) is 33.3 Å². The van der Waals surface area contributed by atoms with Crippen LogP contribution in [-0.4, -0.2) is 96.8 Å². The van der Waals surface area contributed by atoms with E-state index in [0.29, 0.717) is 5.56 Å². The van der Waals surface area contributed by atoms with Crippen LogP contribution >= 0.6 is 0 Å². The minimum atomic E-state index is -4.80. The van der Waals surface area contributed by atoms with Gasteiger partial charge in [0, 0.05) is 10.1 Å². The molecule has 0 aliphatic carbocycles. The summed E-state index contributed by atoms with van der Waals surface area (Å²) in [6.45, 7) is 7.30. The van der Waals surface area contributed by atoms with Crippen LogP contribution in [0.4, 0.5) is 13.2 Å². The molecule has 0 N–H and O–H groups in total. The number of rotatable bonds is 11. The van der Waals surface area contributed by atoms with Crippen LogP contribution < -0.4 is 4.74 Å². The molecule has 1 aromatic rings. The van der Waals surface area contributed by atoms with E-state index in [-0.39, 0.29) is 32.1 Å². The first-order valence-corrected chi connectivity index (χ1v) is 13.2. The number of hydrogen-bond acceptors (Lipinski definition) is 12. The molecule has 4 aliphatic heterocycles. The summed E-state index contributed by atoms with van der Waals surface area (Å²) < 4.78 is 84.8. The van der Waals surface area contributed by atoms with Crippen LogP contribution in [0.5, 0.6) is 5.75 Å². The molecule has 42 heavy (non-hydrogen) atoms. The average molecular weight is 606 g/mol. The predicted octanol–water partition coefficient (Wildman–Crippen LogP) is 2.95. The summed E-state index contributed by atoms with van der Waals surface area (Å²) in [5.41, 5.74) is 0.564. The zero-order valence-corrected chi connectivity index (χ0v) is 23.3. The molecule has 0 aromatic heterocycles. The topological polar surface area (TPSA) is 145 Å². The van der Waals surface area contributed by atoms with Gasteiger partial charge in [-0.2, -0.15) is 0 Å². The molecule has 1 aromatic carbocycles. The van der Waals surface area contributed by atoms with E-state index in [4.69, 9.17) is 33.2 Å². The number of halogens is 3. The molecule has 5 rings (SSSR count). The van der Waals surface area contributed by atoms with Gasteiger partial charge < -0.3 is 37.9 Å². The van der Waals surface area contributed by atoms with E-state index >= 15 is 0 Å². The first-order chi connectivity index (χ1) is 19.7. The molecule has 0 radical (unpaired) electrons. The van der Waals surface area contributed by atoms with Gasteiger partial charge in [0.2, 0.25) is 0 Å². The smallest absolute Gasteiger partial charge is 0.406 e. The minimum Gasteiger partial charge on any atom is -0.406 e. The molecule has 3 saturated heterocycles. The largest absolute Gasteiger partial charge is 0.573 e. The Hall–Kier alpha value is -2.80. The number of hydrogen-bond donors (Lipinski definition) is 0. The predicted molar refractivity (Wildman–Crippen MR) is 132 cm³/mol. The van der Waals surface area contributed by atoms with Gasteiger partial charge in [-0.25, -0.2) is 0 Å². The van der Waals surface area contributed by atoms with Crippen molar-refractivity contribution >= 4 is 6.34 Å². The maximum Gasteiger partial charge on any atom is 0.573 e. The van der Waals surface area contributed by atoms with Crippen molar-refractivity contribution in [3.63, 3.8) is 0 Å². The van der Waals surface area contributed by atoms with Crippen LogP contribution in [0.2, 0.25) is 0 Å². The lowest BCUT2D eigenvalue weighted by molar-refractivity contribution is -0.559.